The second-order valence-electron chi connectivity index (χ2n) is 5.70. The van der Waals surface area contributed by atoms with Gasteiger partial charge >= 0.3 is 0 Å². The minimum atomic E-state index is -0.285. The van der Waals surface area contributed by atoms with Crippen molar-refractivity contribution in [3.63, 3.8) is 0 Å². The van der Waals surface area contributed by atoms with Gasteiger partial charge < -0.3 is 10.2 Å². The average molecular weight is 292 g/mol. The van der Waals surface area contributed by atoms with Gasteiger partial charge in [-0.25, -0.2) is 4.39 Å². The first-order valence-electron chi connectivity index (χ1n) is 7.29. The number of amides is 2. The van der Waals surface area contributed by atoms with Crippen LogP contribution in [0.4, 0.5) is 4.39 Å². The molecule has 1 aliphatic rings. The number of hydrogen-bond donors (Lipinski definition) is 1. The van der Waals surface area contributed by atoms with E-state index in [1.807, 2.05) is 13.8 Å². The van der Waals surface area contributed by atoms with Gasteiger partial charge in [0.1, 0.15) is 5.82 Å². The first-order valence-corrected chi connectivity index (χ1v) is 7.29. The third kappa shape index (κ3) is 4.03. The molecule has 1 atom stereocenters. The highest BCUT2D eigenvalue weighted by Crippen LogP contribution is 2.15. The van der Waals surface area contributed by atoms with Crippen LogP contribution in [0, 0.1) is 5.82 Å². The monoisotopic (exact) mass is 292 g/mol. The van der Waals surface area contributed by atoms with Crippen LogP contribution in [0.5, 0.6) is 0 Å². The standard InChI is InChI=1S/C16H21FN2O2/c1-11(2)19-10-13(9-16(19)21)18-15(20)8-7-12-5-3-4-6-14(12)17/h3-6,11,13H,7-10H2,1-2H3,(H,18,20). The maximum atomic E-state index is 13.5. The lowest BCUT2D eigenvalue weighted by Gasteiger charge is -2.21. The van der Waals surface area contributed by atoms with Crippen LogP contribution in [0.2, 0.25) is 0 Å². The molecule has 21 heavy (non-hydrogen) atoms. The minimum Gasteiger partial charge on any atom is -0.351 e. The molecular weight excluding hydrogens is 271 g/mol. The maximum Gasteiger partial charge on any atom is 0.225 e. The van der Waals surface area contributed by atoms with Crippen molar-refractivity contribution in [1.29, 1.82) is 0 Å². The number of likely N-dealkylation sites (tertiary alicyclic amines) is 1. The Morgan fingerprint density at radius 1 is 1.43 bits per heavy atom. The van der Waals surface area contributed by atoms with Crippen LogP contribution in [-0.2, 0) is 16.0 Å². The van der Waals surface area contributed by atoms with Crippen LogP contribution in [0.1, 0.15) is 32.3 Å². The Balaban J connectivity index is 1.81. The molecule has 1 aliphatic heterocycles. The van der Waals surface area contributed by atoms with Gasteiger partial charge in [-0.1, -0.05) is 18.2 Å². The van der Waals surface area contributed by atoms with E-state index in [-0.39, 0.29) is 36.1 Å². The zero-order chi connectivity index (χ0) is 15.4. The van der Waals surface area contributed by atoms with E-state index in [1.165, 1.54) is 6.07 Å². The molecule has 1 aromatic carbocycles. The topological polar surface area (TPSA) is 49.4 Å². The summed E-state index contributed by atoms with van der Waals surface area (Å²) in [4.78, 5) is 25.4. The molecule has 1 heterocycles. The molecule has 0 aliphatic carbocycles. The zero-order valence-electron chi connectivity index (χ0n) is 12.4. The highest BCUT2D eigenvalue weighted by molar-refractivity contribution is 5.82. The Hall–Kier alpha value is -1.91. The largest absolute Gasteiger partial charge is 0.351 e. The summed E-state index contributed by atoms with van der Waals surface area (Å²) in [6.07, 6.45) is 0.948. The normalized spacial score (nSPS) is 18.4. The van der Waals surface area contributed by atoms with E-state index in [0.29, 0.717) is 24.9 Å². The number of nitrogens with one attached hydrogen (secondary N) is 1. The molecule has 2 rings (SSSR count). The molecule has 114 valence electrons. The van der Waals surface area contributed by atoms with Gasteiger partial charge in [-0.05, 0) is 31.9 Å². The number of carbonyl (C=O) groups is 2. The van der Waals surface area contributed by atoms with Gasteiger partial charge in [0.05, 0.1) is 6.04 Å². The fourth-order valence-electron chi connectivity index (χ4n) is 2.58. The quantitative estimate of drug-likeness (QED) is 0.901. The van der Waals surface area contributed by atoms with E-state index in [0.717, 1.165) is 0 Å². The van der Waals surface area contributed by atoms with Gasteiger partial charge in [-0.15, -0.1) is 0 Å². The zero-order valence-corrected chi connectivity index (χ0v) is 12.4. The van der Waals surface area contributed by atoms with E-state index in [9.17, 15) is 14.0 Å². The van der Waals surface area contributed by atoms with E-state index in [1.54, 1.807) is 23.1 Å². The van der Waals surface area contributed by atoms with Crippen molar-refractivity contribution < 1.29 is 14.0 Å². The van der Waals surface area contributed by atoms with Gasteiger partial charge in [0.25, 0.3) is 0 Å². The highest BCUT2D eigenvalue weighted by Gasteiger charge is 2.31. The molecule has 1 unspecified atom stereocenters. The highest BCUT2D eigenvalue weighted by atomic mass is 19.1. The molecule has 1 saturated heterocycles. The Morgan fingerprint density at radius 2 is 2.14 bits per heavy atom. The predicted molar refractivity (Wildman–Crippen MR) is 78.1 cm³/mol. The van der Waals surface area contributed by atoms with Crippen LogP contribution in [-0.4, -0.2) is 35.3 Å². The summed E-state index contributed by atoms with van der Waals surface area (Å²) in [7, 11) is 0. The van der Waals surface area contributed by atoms with Crippen molar-refractivity contribution in [1.82, 2.24) is 10.2 Å². The number of carbonyl (C=O) groups excluding carboxylic acids is 2. The first kappa shape index (κ1) is 15.5. The second kappa shape index (κ2) is 6.70. The van der Waals surface area contributed by atoms with Crippen LogP contribution in [0.3, 0.4) is 0 Å². The lowest BCUT2D eigenvalue weighted by molar-refractivity contribution is -0.129. The van der Waals surface area contributed by atoms with Crippen molar-refractivity contribution in [2.45, 2.75) is 45.2 Å². The summed E-state index contributed by atoms with van der Waals surface area (Å²) in [5, 5.41) is 2.86. The number of hydrogen-bond acceptors (Lipinski definition) is 2. The van der Waals surface area contributed by atoms with Crippen molar-refractivity contribution in [3.8, 4) is 0 Å². The first-order chi connectivity index (χ1) is 9.97. The average Bonchev–Trinajstić information content (AvgIpc) is 2.79. The van der Waals surface area contributed by atoms with Crippen LogP contribution < -0.4 is 5.32 Å². The van der Waals surface area contributed by atoms with Crippen LogP contribution >= 0.6 is 0 Å². The number of rotatable bonds is 5. The second-order valence-corrected chi connectivity index (χ2v) is 5.70. The van der Waals surface area contributed by atoms with Crippen LogP contribution in [0.25, 0.3) is 0 Å². The number of nitrogens with zero attached hydrogens (tertiary/aromatic N) is 1. The molecule has 1 N–H and O–H groups in total. The van der Waals surface area contributed by atoms with Gasteiger partial charge in [0, 0.05) is 25.4 Å². The molecule has 0 aromatic heterocycles. The third-order valence-corrected chi connectivity index (χ3v) is 3.73. The molecular formula is C16H21FN2O2. The van der Waals surface area contributed by atoms with E-state index >= 15 is 0 Å². The van der Waals surface area contributed by atoms with E-state index in [4.69, 9.17) is 0 Å². The fraction of sp³-hybridized carbons (Fsp3) is 0.500. The molecule has 4 nitrogen and oxygen atoms in total. The summed E-state index contributed by atoms with van der Waals surface area (Å²) in [5.74, 6) is -0.349. The minimum absolute atomic E-state index is 0.0735. The molecule has 1 fully saturated rings. The summed E-state index contributed by atoms with van der Waals surface area (Å²) in [5.41, 5.74) is 0.541. The molecule has 0 bridgehead atoms. The summed E-state index contributed by atoms with van der Waals surface area (Å²) in [6.45, 7) is 4.47. The summed E-state index contributed by atoms with van der Waals surface area (Å²) < 4.78 is 13.5. The molecule has 0 saturated carbocycles. The molecule has 0 radical (unpaired) electrons. The molecule has 0 spiro atoms. The third-order valence-electron chi connectivity index (χ3n) is 3.73. The number of halogens is 1. The van der Waals surface area contributed by atoms with Crippen molar-refractivity contribution in [2.24, 2.45) is 0 Å². The molecule has 5 heteroatoms. The number of benzene rings is 1. The Bertz CT molecular complexity index is 531. The predicted octanol–water partition coefficient (Wildman–Crippen LogP) is 1.88. The van der Waals surface area contributed by atoms with Gasteiger partial charge in [0.15, 0.2) is 0 Å². The summed E-state index contributed by atoms with van der Waals surface area (Å²) in [6, 6.07) is 6.48. The smallest absolute Gasteiger partial charge is 0.225 e. The Morgan fingerprint density at radius 3 is 2.76 bits per heavy atom. The lowest BCUT2D eigenvalue weighted by Crippen LogP contribution is -2.38. The van der Waals surface area contributed by atoms with E-state index in [2.05, 4.69) is 5.32 Å². The lowest BCUT2D eigenvalue weighted by atomic mass is 10.1. The molecule has 1 aromatic rings. The van der Waals surface area contributed by atoms with Gasteiger partial charge in [0.2, 0.25) is 11.8 Å². The Kier molecular flexibility index (Phi) is 4.94. The van der Waals surface area contributed by atoms with Crippen molar-refractivity contribution >= 4 is 11.8 Å². The van der Waals surface area contributed by atoms with Crippen LogP contribution in [0.15, 0.2) is 24.3 Å². The maximum absolute atomic E-state index is 13.5. The van der Waals surface area contributed by atoms with E-state index < -0.39 is 0 Å². The van der Waals surface area contributed by atoms with Crippen molar-refractivity contribution in [3.05, 3.63) is 35.6 Å². The number of aryl methyl sites for hydroxylation is 1. The molecule has 2 amide bonds. The van der Waals surface area contributed by atoms with Gasteiger partial charge in [-0.2, -0.15) is 0 Å². The fourth-order valence-corrected chi connectivity index (χ4v) is 2.58. The van der Waals surface area contributed by atoms with Crippen molar-refractivity contribution in [2.75, 3.05) is 6.54 Å². The summed E-state index contributed by atoms with van der Waals surface area (Å²) >= 11 is 0. The van der Waals surface area contributed by atoms with Gasteiger partial charge in [-0.3, -0.25) is 9.59 Å². The Labute approximate surface area is 124 Å². The SMILES string of the molecule is CC(C)N1CC(NC(=O)CCc2ccccc2F)CC1=O.